The lowest BCUT2D eigenvalue weighted by molar-refractivity contribution is -0.144. The van der Waals surface area contributed by atoms with Crippen molar-refractivity contribution in [3.05, 3.63) is 29.8 Å². The van der Waals surface area contributed by atoms with E-state index in [1.807, 2.05) is 18.9 Å². The van der Waals surface area contributed by atoms with Crippen LogP contribution < -0.4 is 10.1 Å². The highest BCUT2D eigenvalue weighted by atomic mass is 19.3. The van der Waals surface area contributed by atoms with E-state index in [1.54, 1.807) is 19.1 Å². The van der Waals surface area contributed by atoms with Crippen LogP contribution in [0, 0.1) is 5.92 Å². The van der Waals surface area contributed by atoms with Crippen LogP contribution in [-0.2, 0) is 16.1 Å². The van der Waals surface area contributed by atoms with E-state index >= 15 is 0 Å². The average Bonchev–Trinajstić information content (AvgIpc) is 2.58. The van der Waals surface area contributed by atoms with E-state index in [2.05, 4.69) is 15.0 Å². The second-order valence-corrected chi connectivity index (χ2v) is 5.50. The van der Waals surface area contributed by atoms with Crippen LogP contribution in [0.4, 0.5) is 8.78 Å². The van der Waals surface area contributed by atoms with Gasteiger partial charge in [0.1, 0.15) is 5.75 Å². The quantitative estimate of drug-likeness (QED) is 0.440. The van der Waals surface area contributed by atoms with Gasteiger partial charge in [-0.25, -0.2) is 0 Å². The Balaban J connectivity index is 2.72. The summed E-state index contributed by atoms with van der Waals surface area (Å²) in [5, 5.41) is 3.15. The van der Waals surface area contributed by atoms with Crippen LogP contribution in [0.1, 0.15) is 19.4 Å². The van der Waals surface area contributed by atoms with Gasteiger partial charge >= 0.3 is 12.6 Å². The van der Waals surface area contributed by atoms with Gasteiger partial charge in [0, 0.05) is 20.1 Å². The molecule has 1 atom stereocenters. The molecule has 0 saturated heterocycles. The SMILES string of the molecule is CCNC(=NCC(C)C(=O)OC)N(C)Cc1ccc(OC(F)F)cc1. The largest absolute Gasteiger partial charge is 0.469 e. The van der Waals surface area contributed by atoms with Crippen molar-refractivity contribution in [3.63, 3.8) is 0 Å². The van der Waals surface area contributed by atoms with Crippen molar-refractivity contribution in [2.75, 3.05) is 27.2 Å². The van der Waals surface area contributed by atoms with Gasteiger partial charge in [-0.15, -0.1) is 0 Å². The molecule has 0 fully saturated rings. The number of rotatable bonds is 8. The highest BCUT2D eigenvalue weighted by Crippen LogP contribution is 2.15. The highest BCUT2D eigenvalue weighted by molar-refractivity contribution is 5.80. The van der Waals surface area contributed by atoms with Crippen LogP contribution in [0.5, 0.6) is 5.75 Å². The molecular weight excluding hydrogens is 332 g/mol. The Morgan fingerprint density at radius 2 is 1.96 bits per heavy atom. The van der Waals surface area contributed by atoms with Gasteiger partial charge in [-0.05, 0) is 24.6 Å². The topological polar surface area (TPSA) is 63.2 Å². The van der Waals surface area contributed by atoms with Gasteiger partial charge in [0.25, 0.3) is 0 Å². The Labute approximate surface area is 146 Å². The maximum absolute atomic E-state index is 12.2. The van der Waals surface area contributed by atoms with E-state index in [0.29, 0.717) is 25.6 Å². The number of carbonyl (C=O) groups is 1. The molecule has 0 aliphatic heterocycles. The number of carbonyl (C=O) groups excluding carboxylic acids is 1. The molecule has 0 saturated carbocycles. The predicted octanol–water partition coefficient (Wildman–Crippen LogP) is 2.49. The summed E-state index contributed by atoms with van der Waals surface area (Å²) in [6.07, 6.45) is 0. The van der Waals surface area contributed by atoms with E-state index in [4.69, 9.17) is 4.74 Å². The third-order valence-electron chi connectivity index (χ3n) is 3.38. The molecule has 0 aliphatic rings. The molecule has 0 radical (unpaired) electrons. The number of alkyl halides is 2. The van der Waals surface area contributed by atoms with Crippen LogP contribution in [0.15, 0.2) is 29.3 Å². The van der Waals surface area contributed by atoms with Gasteiger partial charge in [0.05, 0.1) is 19.6 Å². The van der Waals surface area contributed by atoms with Crippen molar-refractivity contribution in [2.45, 2.75) is 27.0 Å². The number of halogens is 2. The van der Waals surface area contributed by atoms with E-state index in [9.17, 15) is 13.6 Å². The maximum Gasteiger partial charge on any atom is 0.387 e. The molecule has 0 amide bonds. The zero-order chi connectivity index (χ0) is 18.8. The fourth-order valence-electron chi connectivity index (χ4n) is 2.09. The number of benzene rings is 1. The molecule has 1 aromatic rings. The van der Waals surface area contributed by atoms with Crippen LogP contribution in [0.25, 0.3) is 0 Å². The number of nitrogens with zero attached hydrogens (tertiary/aromatic N) is 2. The zero-order valence-corrected chi connectivity index (χ0v) is 15.0. The molecule has 1 aromatic carbocycles. The minimum atomic E-state index is -2.84. The number of methoxy groups -OCH3 is 1. The third-order valence-corrected chi connectivity index (χ3v) is 3.38. The van der Waals surface area contributed by atoms with Crippen molar-refractivity contribution < 1.29 is 23.0 Å². The summed E-state index contributed by atoms with van der Waals surface area (Å²) in [6, 6.07) is 6.43. The number of ether oxygens (including phenoxy) is 2. The first-order valence-corrected chi connectivity index (χ1v) is 7.98. The monoisotopic (exact) mass is 357 g/mol. The van der Waals surface area contributed by atoms with Gasteiger partial charge < -0.3 is 19.7 Å². The standard InChI is InChI=1S/C17H25F2N3O3/c1-5-20-17(21-10-12(2)15(23)24-4)22(3)11-13-6-8-14(9-7-13)25-16(18)19/h6-9,12,16H,5,10-11H2,1-4H3,(H,20,21). The Bertz CT molecular complexity index is 565. The fourth-order valence-corrected chi connectivity index (χ4v) is 2.09. The molecule has 1 rings (SSSR count). The summed E-state index contributed by atoms with van der Waals surface area (Å²) >= 11 is 0. The Hall–Kier alpha value is -2.38. The lowest BCUT2D eigenvalue weighted by Gasteiger charge is -2.22. The molecule has 6 nitrogen and oxygen atoms in total. The molecule has 0 spiro atoms. The number of hydrogen-bond acceptors (Lipinski definition) is 4. The molecule has 0 heterocycles. The van der Waals surface area contributed by atoms with Gasteiger partial charge in [0.15, 0.2) is 5.96 Å². The molecule has 0 aliphatic carbocycles. The third kappa shape index (κ3) is 7.36. The van der Waals surface area contributed by atoms with E-state index in [1.165, 1.54) is 19.2 Å². The van der Waals surface area contributed by atoms with Crippen LogP contribution >= 0.6 is 0 Å². The molecule has 140 valence electrons. The Morgan fingerprint density at radius 3 is 2.48 bits per heavy atom. The highest BCUT2D eigenvalue weighted by Gasteiger charge is 2.14. The van der Waals surface area contributed by atoms with E-state index in [-0.39, 0.29) is 17.6 Å². The normalized spacial score (nSPS) is 12.7. The smallest absolute Gasteiger partial charge is 0.387 e. The minimum Gasteiger partial charge on any atom is -0.469 e. The molecule has 8 heteroatoms. The second kappa shape index (κ2) is 10.5. The van der Waals surface area contributed by atoms with Crippen molar-refractivity contribution in [3.8, 4) is 5.75 Å². The Kier molecular flexibility index (Phi) is 8.66. The maximum atomic E-state index is 12.2. The second-order valence-electron chi connectivity index (χ2n) is 5.50. The van der Waals surface area contributed by atoms with Crippen LogP contribution in [0.3, 0.4) is 0 Å². The lowest BCUT2D eigenvalue weighted by atomic mass is 10.2. The van der Waals surface area contributed by atoms with Gasteiger partial charge in [-0.1, -0.05) is 19.1 Å². The van der Waals surface area contributed by atoms with Gasteiger partial charge in [-0.2, -0.15) is 8.78 Å². The van der Waals surface area contributed by atoms with Gasteiger partial charge in [-0.3, -0.25) is 9.79 Å². The number of guanidine groups is 1. The van der Waals surface area contributed by atoms with Crippen LogP contribution in [0.2, 0.25) is 0 Å². The molecule has 25 heavy (non-hydrogen) atoms. The first-order valence-electron chi connectivity index (χ1n) is 7.98. The Morgan fingerprint density at radius 1 is 1.32 bits per heavy atom. The number of nitrogens with one attached hydrogen (secondary N) is 1. The van der Waals surface area contributed by atoms with Crippen molar-refractivity contribution in [1.29, 1.82) is 0 Å². The fraction of sp³-hybridized carbons (Fsp3) is 0.529. The predicted molar refractivity (Wildman–Crippen MR) is 91.7 cm³/mol. The summed E-state index contributed by atoms with van der Waals surface area (Å²) in [7, 11) is 3.20. The molecule has 0 aromatic heterocycles. The molecule has 1 unspecified atom stereocenters. The van der Waals surface area contributed by atoms with Gasteiger partial charge in [0.2, 0.25) is 0 Å². The zero-order valence-electron chi connectivity index (χ0n) is 15.0. The number of esters is 1. The summed E-state index contributed by atoms with van der Waals surface area (Å²) in [5.74, 6) is 0.120. The molecular formula is C17H25F2N3O3. The summed E-state index contributed by atoms with van der Waals surface area (Å²) in [6.45, 7) is 2.37. The van der Waals surface area contributed by atoms with Crippen molar-refractivity contribution in [1.82, 2.24) is 10.2 Å². The lowest BCUT2D eigenvalue weighted by Crippen LogP contribution is -2.39. The minimum absolute atomic E-state index is 0.119. The molecule has 1 N–H and O–H groups in total. The first kappa shape index (κ1) is 20.7. The summed E-state index contributed by atoms with van der Waals surface area (Å²) < 4.78 is 33.4. The molecule has 0 bridgehead atoms. The summed E-state index contributed by atoms with van der Waals surface area (Å²) in [5.41, 5.74) is 0.913. The average molecular weight is 357 g/mol. The van der Waals surface area contributed by atoms with Crippen molar-refractivity contribution >= 4 is 11.9 Å². The first-order chi connectivity index (χ1) is 11.9. The number of hydrogen-bond donors (Lipinski definition) is 1. The van der Waals surface area contributed by atoms with E-state index < -0.39 is 6.61 Å². The van der Waals surface area contributed by atoms with Crippen molar-refractivity contribution in [2.24, 2.45) is 10.9 Å². The summed E-state index contributed by atoms with van der Waals surface area (Å²) in [4.78, 5) is 17.8. The van der Waals surface area contributed by atoms with Crippen LogP contribution in [-0.4, -0.2) is 50.7 Å². The number of aliphatic imine (C=N–C) groups is 1. The van der Waals surface area contributed by atoms with E-state index in [0.717, 1.165) is 5.56 Å².